The zero-order chi connectivity index (χ0) is 10.1. The van der Waals surface area contributed by atoms with Crippen molar-refractivity contribution in [2.24, 2.45) is 5.14 Å². The smallest absolute Gasteiger partial charge is 0.322 e. The summed E-state index contributed by atoms with van der Waals surface area (Å²) in [5.41, 5.74) is 0. The van der Waals surface area contributed by atoms with E-state index in [0.717, 1.165) is 0 Å². The number of primary sulfonamides is 1. The van der Waals surface area contributed by atoms with Gasteiger partial charge in [0.25, 0.3) is 0 Å². The molecule has 0 amide bonds. The standard InChI is InChI=1S/C6H12N2O4S/c1-12-6(9)5-2-4(3-8-5)13(7,10)11/h4-5,8H,2-3H2,1H3,(H2,7,10,11). The fourth-order valence-corrected chi connectivity index (χ4v) is 2.06. The number of carbonyl (C=O) groups is 1. The molecular weight excluding hydrogens is 196 g/mol. The summed E-state index contributed by atoms with van der Waals surface area (Å²) < 4.78 is 26.2. The monoisotopic (exact) mass is 208 g/mol. The Kier molecular flexibility index (Phi) is 2.89. The number of carbonyl (C=O) groups excluding carboxylic acids is 1. The number of hydrogen-bond acceptors (Lipinski definition) is 5. The first-order chi connectivity index (χ1) is 5.95. The molecule has 13 heavy (non-hydrogen) atoms. The van der Waals surface area contributed by atoms with Crippen molar-refractivity contribution in [3.8, 4) is 0 Å². The average molecular weight is 208 g/mol. The number of nitrogens with one attached hydrogen (secondary N) is 1. The molecule has 2 atom stereocenters. The van der Waals surface area contributed by atoms with E-state index in [1.165, 1.54) is 7.11 Å². The number of sulfonamides is 1. The summed E-state index contributed by atoms with van der Waals surface area (Å²) in [6, 6.07) is -0.548. The Morgan fingerprint density at radius 2 is 2.23 bits per heavy atom. The van der Waals surface area contributed by atoms with Crippen molar-refractivity contribution in [2.45, 2.75) is 17.7 Å². The molecule has 3 N–H and O–H groups in total. The molecule has 0 saturated carbocycles. The van der Waals surface area contributed by atoms with Gasteiger partial charge in [0.1, 0.15) is 6.04 Å². The van der Waals surface area contributed by atoms with E-state index in [1.807, 2.05) is 0 Å². The number of methoxy groups -OCH3 is 1. The van der Waals surface area contributed by atoms with E-state index < -0.39 is 27.3 Å². The lowest BCUT2D eigenvalue weighted by Gasteiger charge is -2.06. The highest BCUT2D eigenvalue weighted by Crippen LogP contribution is 2.13. The van der Waals surface area contributed by atoms with Crippen LogP contribution in [0.3, 0.4) is 0 Å². The van der Waals surface area contributed by atoms with Crippen LogP contribution in [0.1, 0.15) is 6.42 Å². The Bertz CT molecular complexity index is 300. The molecule has 0 aromatic carbocycles. The molecule has 76 valence electrons. The van der Waals surface area contributed by atoms with Crippen LogP contribution in [0.25, 0.3) is 0 Å². The topological polar surface area (TPSA) is 98.5 Å². The maximum Gasteiger partial charge on any atom is 0.322 e. The Hall–Kier alpha value is -0.660. The molecule has 1 fully saturated rings. The van der Waals surface area contributed by atoms with E-state index >= 15 is 0 Å². The van der Waals surface area contributed by atoms with Gasteiger partial charge in [-0.1, -0.05) is 0 Å². The number of nitrogens with two attached hydrogens (primary N) is 1. The van der Waals surface area contributed by atoms with Crippen LogP contribution in [0.4, 0.5) is 0 Å². The van der Waals surface area contributed by atoms with Gasteiger partial charge >= 0.3 is 5.97 Å². The lowest BCUT2D eigenvalue weighted by atomic mass is 10.2. The number of rotatable bonds is 2. The summed E-state index contributed by atoms with van der Waals surface area (Å²) >= 11 is 0. The van der Waals surface area contributed by atoms with Crippen molar-refractivity contribution in [3.05, 3.63) is 0 Å². The highest BCUT2D eigenvalue weighted by atomic mass is 32.2. The van der Waals surface area contributed by atoms with E-state index in [0.29, 0.717) is 0 Å². The van der Waals surface area contributed by atoms with Gasteiger partial charge in [-0.25, -0.2) is 13.6 Å². The van der Waals surface area contributed by atoms with Gasteiger partial charge in [-0.15, -0.1) is 0 Å². The number of hydrogen-bond donors (Lipinski definition) is 2. The maximum atomic E-state index is 11.0. The number of esters is 1. The van der Waals surface area contributed by atoms with Crippen LogP contribution >= 0.6 is 0 Å². The lowest BCUT2D eigenvalue weighted by Crippen LogP contribution is -2.31. The number of ether oxygens (including phenoxy) is 1. The van der Waals surface area contributed by atoms with Gasteiger partial charge in [-0.05, 0) is 6.42 Å². The predicted octanol–water partition coefficient (Wildman–Crippen LogP) is -1.82. The van der Waals surface area contributed by atoms with Crippen LogP contribution in [-0.2, 0) is 19.6 Å². The van der Waals surface area contributed by atoms with Crippen molar-refractivity contribution in [3.63, 3.8) is 0 Å². The van der Waals surface area contributed by atoms with Crippen molar-refractivity contribution >= 4 is 16.0 Å². The Morgan fingerprint density at radius 1 is 1.62 bits per heavy atom. The van der Waals surface area contributed by atoms with Crippen LogP contribution in [0.5, 0.6) is 0 Å². The second-order valence-electron chi connectivity index (χ2n) is 2.93. The zero-order valence-electron chi connectivity index (χ0n) is 7.19. The van der Waals surface area contributed by atoms with Crippen LogP contribution in [0, 0.1) is 0 Å². The molecule has 0 spiro atoms. The van der Waals surface area contributed by atoms with Gasteiger partial charge in [0.2, 0.25) is 10.0 Å². The average Bonchev–Trinajstić information content (AvgIpc) is 2.50. The third-order valence-corrected chi connectivity index (χ3v) is 3.33. The Balaban J connectivity index is 2.60. The summed E-state index contributed by atoms with van der Waals surface area (Å²) in [4.78, 5) is 11.0. The first-order valence-electron chi connectivity index (χ1n) is 3.78. The first-order valence-corrected chi connectivity index (χ1v) is 5.39. The molecule has 6 nitrogen and oxygen atoms in total. The maximum absolute atomic E-state index is 11.0. The summed E-state index contributed by atoms with van der Waals surface area (Å²) in [6.07, 6.45) is 0.186. The van der Waals surface area contributed by atoms with Gasteiger partial charge in [0.15, 0.2) is 0 Å². The molecular formula is C6H12N2O4S. The minimum Gasteiger partial charge on any atom is -0.468 e. The first kappa shape index (κ1) is 10.4. The quantitative estimate of drug-likeness (QED) is 0.520. The normalized spacial score (nSPS) is 28.8. The molecule has 0 aromatic heterocycles. The second-order valence-corrected chi connectivity index (χ2v) is 4.78. The van der Waals surface area contributed by atoms with Gasteiger partial charge in [-0.3, -0.25) is 4.79 Å². The van der Waals surface area contributed by atoms with E-state index in [1.54, 1.807) is 0 Å². The largest absolute Gasteiger partial charge is 0.468 e. The van der Waals surface area contributed by atoms with Crippen LogP contribution in [0.2, 0.25) is 0 Å². The molecule has 1 rings (SSSR count). The van der Waals surface area contributed by atoms with E-state index in [4.69, 9.17) is 5.14 Å². The Labute approximate surface area is 76.5 Å². The molecule has 2 unspecified atom stereocenters. The fourth-order valence-electron chi connectivity index (χ4n) is 1.28. The summed E-state index contributed by atoms with van der Waals surface area (Å²) in [5.74, 6) is -0.453. The lowest BCUT2D eigenvalue weighted by molar-refractivity contribution is -0.142. The molecule has 1 saturated heterocycles. The molecule has 0 aromatic rings. The molecule has 1 aliphatic heterocycles. The summed E-state index contributed by atoms with van der Waals surface area (Å²) in [7, 11) is -2.29. The van der Waals surface area contributed by atoms with Crippen LogP contribution in [0.15, 0.2) is 0 Å². The SMILES string of the molecule is COC(=O)C1CC(S(N)(=O)=O)CN1. The van der Waals surface area contributed by atoms with E-state index in [9.17, 15) is 13.2 Å². The molecule has 1 heterocycles. The highest BCUT2D eigenvalue weighted by Gasteiger charge is 2.35. The third kappa shape index (κ3) is 2.39. The van der Waals surface area contributed by atoms with E-state index in [2.05, 4.69) is 10.1 Å². The Morgan fingerprint density at radius 3 is 2.62 bits per heavy atom. The molecule has 0 radical (unpaired) electrons. The zero-order valence-corrected chi connectivity index (χ0v) is 8.00. The fraction of sp³-hybridized carbons (Fsp3) is 0.833. The predicted molar refractivity (Wildman–Crippen MR) is 45.3 cm³/mol. The van der Waals surface area contributed by atoms with E-state index in [-0.39, 0.29) is 13.0 Å². The van der Waals surface area contributed by atoms with Crippen LogP contribution in [-0.4, -0.2) is 39.3 Å². The summed E-state index contributed by atoms with van der Waals surface area (Å²) in [6.45, 7) is 0.207. The van der Waals surface area contributed by atoms with Crippen molar-refractivity contribution < 1.29 is 17.9 Å². The van der Waals surface area contributed by atoms with Crippen molar-refractivity contribution in [1.29, 1.82) is 0 Å². The molecule has 1 aliphatic rings. The van der Waals surface area contributed by atoms with Gasteiger partial charge in [-0.2, -0.15) is 0 Å². The van der Waals surface area contributed by atoms with Gasteiger partial charge in [0.05, 0.1) is 12.4 Å². The van der Waals surface area contributed by atoms with Crippen molar-refractivity contribution in [2.75, 3.05) is 13.7 Å². The molecule has 0 aliphatic carbocycles. The minimum absolute atomic E-state index is 0.186. The summed E-state index contributed by atoms with van der Waals surface area (Å²) in [5, 5.41) is 6.97. The van der Waals surface area contributed by atoms with Crippen molar-refractivity contribution in [1.82, 2.24) is 5.32 Å². The third-order valence-electron chi connectivity index (χ3n) is 2.04. The molecule has 7 heteroatoms. The highest BCUT2D eigenvalue weighted by molar-refractivity contribution is 7.89. The second kappa shape index (κ2) is 3.60. The van der Waals surface area contributed by atoms with Gasteiger partial charge < -0.3 is 10.1 Å². The van der Waals surface area contributed by atoms with Crippen LogP contribution < -0.4 is 10.5 Å². The van der Waals surface area contributed by atoms with Gasteiger partial charge in [0, 0.05) is 6.54 Å². The minimum atomic E-state index is -3.55. The molecule has 0 bridgehead atoms.